The van der Waals surface area contributed by atoms with E-state index in [4.69, 9.17) is 5.73 Å². The van der Waals surface area contributed by atoms with Crippen molar-refractivity contribution in [2.24, 2.45) is 5.73 Å². The topological polar surface area (TPSA) is 26.0 Å². The molecule has 2 rings (SSSR count). The molecule has 2 N–H and O–H groups in total. The maximum Gasteiger partial charge on any atom is 0.326 e. The van der Waals surface area contributed by atoms with E-state index in [1.165, 1.54) is 12.1 Å². The van der Waals surface area contributed by atoms with Gasteiger partial charge >= 0.3 is 12.3 Å². The zero-order valence-corrected chi connectivity index (χ0v) is 11.2. The Bertz CT molecular complexity index is 600. The van der Waals surface area contributed by atoms with Gasteiger partial charge in [-0.1, -0.05) is 46.3 Å². The summed E-state index contributed by atoms with van der Waals surface area (Å²) >= 11 is 3.28. The maximum absolute atomic E-state index is 13.4. The first-order valence-corrected chi connectivity index (χ1v) is 6.23. The molecule has 0 aliphatic carbocycles. The van der Waals surface area contributed by atoms with Crippen LogP contribution in [0.15, 0.2) is 40.9 Å². The Morgan fingerprint density at radius 3 is 2.16 bits per heavy atom. The van der Waals surface area contributed by atoms with Gasteiger partial charge < -0.3 is 5.73 Å². The van der Waals surface area contributed by atoms with Crippen LogP contribution in [0.2, 0.25) is 0 Å². The van der Waals surface area contributed by atoms with Crippen LogP contribution >= 0.6 is 15.9 Å². The quantitative estimate of drug-likeness (QED) is 0.821. The molecule has 0 bridgehead atoms. The van der Waals surface area contributed by atoms with Crippen LogP contribution in [0.3, 0.4) is 0 Å². The highest BCUT2D eigenvalue weighted by molar-refractivity contribution is 9.10. The first-order valence-electron chi connectivity index (χ1n) is 5.44. The number of nitrogens with two attached hydrogens (primary N) is 1. The molecule has 0 fully saturated rings. The number of hydrogen-bond donors (Lipinski definition) is 1. The predicted octanol–water partition coefficient (Wildman–Crippen LogP) is 4.50. The molecule has 0 amide bonds. The molecule has 0 aromatic heterocycles. The van der Waals surface area contributed by atoms with Gasteiger partial charge in [-0.2, -0.15) is 8.78 Å². The minimum absolute atomic E-state index is 0.00380. The Labute approximate surface area is 115 Å². The Kier molecular flexibility index (Phi) is 3.82. The van der Waals surface area contributed by atoms with Crippen LogP contribution < -0.4 is 5.73 Å². The van der Waals surface area contributed by atoms with Gasteiger partial charge in [0.25, 0.3) is 0 Å². The van der Waals surface area contributed by atoms with Crippen molar-refractivity contribution in [2.75, 3.05) is 0 Å². The lowest BCUT2D eigenvalue weighted by atomic mass is 9.95. The average molecular weight is 336 g/mol. The van der Waals surface area contributed by atoms with E-state index in [1.807, 2.05) is 0 Å². The molecule has 2 aromatic carbocycles. The molecule has 0 heterocycles. The lowest BCUT2D eigenvalue weighted by Crippen LogP contribution is -2.39. The van der Waals surface area contributed by atoms with Crippen molar-refractivity contribution in [1.82, 2.24) is 0 Å². The lowest BCUT2D eigenvalue weighted by Gasteiger charge is -2.24. The normalized spacial score (nSPS) is 14.1. The molecule has 1 nitrogen and oxygen atoms in total. The molecular formula is C13H10BrF4N. The highest BCUT2D eigenvalue weighted by atomic mass is 79.9. The van der Waals surface area contributed by atoms with E-state index in [2.05, 4.69) is 15.9 Å². The van der Waals surface area contributed by atoms with Gasteiger partial charge in [-0.3, -0.25) is 0 Å². The van der Waals surface area contributed by atoms with Crippen LogP contribution in [0.4, 0.5) is 17.6 Å². The number of fused-ring (bicyclic) bond motifs is 1. The van der Waals surface area contributed by atoms with E-state index in [1.54, 1.807) is 24.3 Å². The molecule has 19 heavy (non-hydrogen) atoms. The van der Waals surface area contributed by atoms with Crippen LogP contribution in [-0.2, 0) is 0 Å². The first-order chi connectivity index (χ1) is 8.85. The van der Waals surface area contributed by atoms with Crippen LogP contribution in [0, 0.1) is 0 Å². The van der Waals surface area contributed by atoms with Crippen LogP contribution in [0.25, 0.3) is 10.8 Å². The van der Waals surface area contributed by atoms with Gasteiger partial charge in [0.15, 0.2) is 0 Å². The van der Waals surface area contributed by atoms with Gasteiger partial charge in [0.1, 0.15) is 6.04 Å². The van der Waals surface area contributed by atoms with Gasteiger partial charge in [-0.25, -0.2) is 8.78 Å². The highest BCUT2D eigenvalue weighted by Gasteiger charge is 2.48. The molecule has 102 valence electrons. The van der Waals surface area contributed by atoms with E-state index in [0.29, 0.717) is 15.2 Å². The molecule has 0 spiro atoms. The van der Waals surface area contributed by atoms with E-state index in [9.17, 15) is 17.6 Å². The molecular weight excluding hydrogens is 326 g/mol. The summed E-state index contributed by atoms with van der Waals surface area (Å²) in [7, 11) is 0. The van der Waals surface area contributed by atoms with Crippen molar-refractivity contribution in [3.63, 3.8) is 0 Å². The van der Waals surface area contributed by atoms with Crippen molar-refractivity contribution in [1.29, 1.82) is 0 Å². The second-order valence-corrected chi connectivity index (χ2v) is 4.99. The zero-order valence-electron chi connectivity index (χ0n) is 9.59. The third kappa shape index (κ3) is 2.47. The smallest absolute Gasteiger partial charge is 0.319 e. The number of rotatable bonds is 3. The van der Waals surface area contributed by atoms with E-state index >= 15 is 0 Å². The van der Waals surface area contributed by atoms with Crippen LogP contribution in [0.1, 0.15) is 11.6 Å². The Morgan fingerprint density at radius 1 is 1.00 bits per heavy atom. The fourth-order valence-electron chi connectivity index (χ4n) is 1.90. The largest absolute Gasteiger partial charge is 0.326 e. The molecule has 1 atom stereocenters. The summed E-state index contributed by atoms with van der Waals surface area (Å²) in [5.74, 6) is -4.27. The van der Waals surface area contributed by atoms with Crippen molar-refractivity contribution < 1.29 is 17.6 Å². The van der Waals surface area contributed by atoms with Crippen LogP contribution in [0.5, 0.6) is 0 Å². The Morgan fingerprint density at radius 2 is 1.58 bits per heavy atom. The van der Waals surface area contributed by atoms with E-state index < -0.39 is 18.4 Å². The summed E-state index contributed by atoms with van der Waals surface area (Å²) in [5.41, 5.74) is 5.35. The fraction of sp³-hybridized carbons (Fsp3) is 0.231. The second-order valence-electron chi connectivity index (χ2n) is 4.14. The summed E-state index contributed by atoms with van der Waals surface area (Å²) in [5, 5.41) is 1.09. The highest BCUT2D eigenvalue weighted by Crippen LogP contribution is 2.38. The van der Waals surface area contributed by atoms with Gasteiger partial charge in [-0.15, -0.1) is 0 Å². The third-order valence-electron chi connectivity index (χ3n) is 2.95. The van der Waals surface area contributed by atoms with Crippen molar-refractivity contribution in [3.8, 4) is 0 Å². The maximum atomic E-state index is 13.4. The average Bonchev–Trinajstić information content (AvgIpc) is 2.38. The van der Waals surface area contributed by atoms with Gasteiger partial charge in [0, 0.05) is 4.47 Å². The van der Waals surface area contributed by atoms with Gasteiger partial charge in [-0.05, 0) is 22.4 Å². The van der Waals surface area contributed by atoms with Crippen LogP contribution in [-0.4, -0.2) is 12.3 Å². The van der Waals surface area contributed by atoms with Crippen molar-refractivity contribution in [2.45, 2.75) is 18.4 Å². The molecule has 0 aliphatic rings. The van der Waals surface area contributed by atoms with E-state index in [-0.39, 0.29) is 5.56 Å². The molecule has 0 saturated heterocycles. The summed E-state index contributed by atoms with van der Waals surface area (Å²) in [6.45, 7) is 0. The summed E-state index contributed by atoms with van der Waals surface area (Å²) < 4.78 is 52.2. The first kappa shape index (κ1) is 14.3. The zero-order chi connectivity index (χ0) is 14.2. The standard InChI is InChI=1S/C13H10BrF4N/c14-10-6-5-9(7-3-1-2-4-8(7)10)11(19)13(17,18)12(15)16/h1-6,11-12H,19H2. The number of benzene rings is 2. The van der Waals surface area contributed by atoms with Crippen molar-refractivity contribution in [3.05, 3.63) is 46.4 Å². The van der Waals surface area contributed by atoms with E-state index in [0.717, 1.165) is 0 Å². The molecule has 1 unspecified atom stereocenters. The van der Waals surface area contributed by atoms with Gasteiger partial charge in [0.05, 0.1) is 0 Å². The summed E-state index contributed by atoms with van der Waals surface area (Å²) in [6, 6.07) is 7.48. The number of alkyl halides is 4. The molecule has 2 aromatic rings. The fourth-order valence-corrected chi connectivity index (χ4v) is 2.38. The minimum atomic E-state index is -4.27. The lowest BCUT2D eigenvalue weighted by molar-refractivity contribution is -0.144. The molecule has 0 aliphatic heterocycles. The molecule has 6 heteroatoms. The third-order valence-corrected chi connectivity index (χ3v) is 3.64. The number of hydrogen-bond acceptors (Lipinski definition) is 1. The second kappa shape index (κ2) is 5.09. The Balaban J connectivity index is 2.61. The van der Waals surface area contributed by atoms with Gasteiger partial charge in [0.2, 0.25) is 0 Å². The van der Waals surface area contributed by atoms with Crippen molar-refractivity contribution >= 4 is 26.7 Å². The summed E-state index contributed by atoms with van der Waals surface area (Å²) in [6.07, 6.45) is -3.80. The SMILES string of the molecule is NC(c1ccc(Br)c2ccccc12)C(F)(F)C(F)F. The monoisotopic (exact) mass is 335 g/mol. The minimum Gasteiger partial charge on any atom is -0.319 e. The summed E-state index contributed by atoms with van der Waals surface area (Å²) in [4.78, 5) is 0. The number of halogens is 5. The Hall–Kier alpha value is -1.14. The molecule has 0 saturated carbocycles. The predicted molar refractivity (Wildman–Crippen MR) is 69.5 cm³/mol. The molecule has 0 radical (unpaired) electrons.